The lowest BCUT2D eigenvalue weighted by atomic mass is 9.88. The molecule has 32 heavy (non-hydrogen) atoms. The van der Waals surface area contributed by atoms with Gasteiger partial charge in [0, 0.05) is 17.8 Å². The van der Waals surface area contributed by atoms with Gasteiger partial charge in [-0.25, -0.2) is 9.97 Å². The van der Waals surface area contributed by atoms with Crippen LogP contribution in [0.4, 0.5) is 11.6 Å². The van der Waals surface area contributed by atoms with Crippen molar-refractivity contribution in [3.05, 3.63) is 51.9 Å². The average Bonchev–Trinajstić information content (AvgIpc) is 3.26. The molecule has 0 spiro atoms. The second kappa shape index (κ2) is 10.6. The van der Waals surface area contributed by atoms with Crippen molar-refractivity contribution in [2.45, 2.75) is 26.2 Å². The van der Waals surface area contributed by atoms with Crippen LogP contribution in [-0.4, -0.2) is 47.4 Å². The molecule has 0 amide bonds. The summed E-state index contributed by atoms with van der Waals surface area (Å²) in [5.41, 5.74) is 2.23. The molecule has 3 aromatic rings. The maximum Gasteiger partial charge on any atom is 0.227 e. The van der Waals surface area contributed by atoms with Crippen LogP contribution in [0.2, 0.25) is 0 Å². The number of hydrogen-bond acceptors (Lipinski definition) is 7. The Balaban J connectivity index is 1.52. The zero-order valence-corrected chi connectivity index (χ0v) is 20.7. The number of ether oxygens (including phenoxy) is 1. The number of Topliss-reactive ketones (excluding diaryl/α,β-unsaturated/α-hetero) is 1. The van der Waals surface area contributed by atoms with Gasteiger partial charge in [-0.15, -0.1) is 11.3 Å². The quantitative estimate of drug-likeness (QED) is 0.370. The predicted octanol–water partition coefficient (Wildman–Crippen LogP) is 6.02. The minimum absolute atomic E-state index is 0.0316. The van der Waals surface area contributed by atoms with E-state index in [1.54, 1.807) is 24.6 Å². The third kappa shape index (κ3) is 5.36. The van der Waals surface area contributed by atoms with Crippen LogP contribution in [0.5, 0.6) is 5.75 Å². The lowest BCUT2D eigenvalue weighted by Crippen LogP contribution is -2.36. The molecule has 1 aliphatic heterocycles. The number of benzene rings is 1. The van der Waals surface area contributed by atoms with Gasteiger partial charge in [-0.1, -0.05) is 6.92 Å². The van der Waals surface area contributed by atoms with E-state index in [0.717, 1.165) is 58.9 Å². The number of nitrogens with zero attached hydrogens (tertiary/aromatic N) is 3. The van der Waals surface area contributed by atoms with Gasteiger partial charge in [0.1, 0.15) is 5.75 Å². The number of aromatic nitrogens is 2. The predicted molar refractivity (Wildman–Crippen MR) is 133 cm³/mol. The van der Waals surface area contributed by atoms with Gasteiger partial charge in [0.05, 0.1) is 27.0 Å². The van der Waals surface area contributed by atoms with Crippen molar-refractivity contribution in [1.82, 2.24) is 14.9 Å². The summed E-state index contributed by atoms with van der Waals surface area (Å²) >= 11 is 5.11. The maximum absolute atomic E-state index is 13.3. The van der Waals surface area contributed by atoms with Gasteiger partial charge in [-0.3, -0.25) is 4.79 Å². The molecule has 0 atom stereocenters. The number of carbonyl (C=O) groups excluding carboxylic acids is 1. The van der Waals surface area contributed by atoms with Crippen LogP contribution in [0.25, 0.3) is 10.6 Å². The van der Waals surface area contributed by atoms with E-state index < -0.39 is 0 Å². The Hall–Kier alpha value is -2.29. The van der Waals surface area contributed by atoms with Gasteiger partial charge >= 0.3 is 0 Å². The number of thiophene rings is 1. The van der Waals surface area contributed by atoms with Gasteiger partial charge in [0.15, 0.2) is 5.78 Å². The Morgan fingerprint density at radius 3 is 2.75 bits per heavy atom. The number of nitrogens with one attached hydrogen (secondary N) is 1. The number of likely N-dealkylation sites (tertiary alicyclic amines) is 1. The molecule has 8 heteroatoms. The Morgan fingerprint density at radius 2 is 2.06 bits per heavy atom. The average molecular weight is 515 g/mol. The second-order valence-electron chi connectivity index (χ2n) is 7.89. The molecule has 0 unspecified atom stereocenters. The zero-order valence-electron chi connectivity index (χ0n) is 18.3. The SMILES string of the molecule is CCCN1CCC(C(=O)c2cc(Nc3nccc(-c4ccc(Br)s4)n3)ccc2OC)CC1. The van der Waals surface area contributed by atoms with Crippen LogP contribution in [0.3, 0.4) is 0 Å². The smallest absolute Gasteiger partial charge is 0.227 e. The number of carbonyl (C=O) groups is 1. The van der Waals surface area contributed by atoms with Gasteiger partial charge in [-0.2, -0.15) is 0 Å². The van der Waals surface area contributed by atoms with E-state index in [2.05, 4.69) is 43.0 Å². The molecule has 1 saturated heterocycles. The molecule has 6 nitrogen and oxygen atoms in total. The Bertz CT molecular complexity index is 1080. The fraction of sp³-hybridized carbons (Fsp3) is 0.375. The highest BCUT2D eigenvalue weighted by Crippen LogP contribution is 2.32. The highest BCUT2D eigenvalue weighted by Gasteiger charge is 2.27. The first-order valence-electron chi connectivity index (χ1n) is 10.9. The van der Waals surface area contributed by atoms with E-state index in [9.17, 15) is 4.79 Å². The Kier molecular flexibility index (Phi) is 7.55. The molecule has 0 radical (unpaired) electrons. The first-order valence-corrected chi connectivity index (χ1v) is 12.5. The van der Waals surface area contributed by atoms with Crippen LogP contribution in [0.15, 0.2) is 46.4 Å². The molecule has 1 fully saturated rings. The molecule has 1 aliphatic rings. The van der Waals surface area contributed by atoms with Crippen molar-refractivity contribution in [2.75, 3.05) is 32.1 Å². The fourth-order valence-corrected chi connectivity index (χ4v) is 5.43. The molecule has 3 heterocycles. The summed E-state index contributed by atoms with van der Waals surface area (Å²) < 4.78 is 6.56. The molecule has 0 bridgehead atoms. The number of anilines is 2. The van der Waals surface area contributed by atoms with Crippen molar-refractivity contribution in [1.29, 1.82) is 0 Å². The Morgan fingerprint density at radius 1 is 1.25 bits per heavy atom. The normalized spacial score (nSPS) is 15.0. The minimum Gasteiger partial charge on any atom is -0.496 e. The van der Waals surface area contributed by atoms with Crippen LogP contribution < -0.4 is 10.1 Å². The third-order valence-electron chi connectivity index (χ3n) is 5.70. The number of ketones is 1. The molecule has 2 aromatic heterocycles. The van der Waals surface area contributed by atoms with E-state index in [-0.39, 0.29) is 11.7 Å². The number of hydrogen-bond donors (Lipinski definition) is 1. The van der Waals surface area contributed by atoms with Crippen LogP contribution in [-0.2, 0) is 0 Å². The summed E-state index contributed by atoms with van der Waals surface area (Å²) in [5, 5.41) is 3.25. The maximum atomic E-state index is 13.3. The van der Waals surface area contributed by atoms with Crippen molar-refractivity contribution in [3.63, 3.8) is 0 Å². The molecular weight excluding hydrogens is 488 g/mol. The van der Waals surface area contributed by atoms with Gasteiger partial charge in [0.2, 0.25) is 5.95 Å². The summed E-state index contributed by atoms with van der Waals surface area (Å²) in [6, 6.07) is 11.5. The summed E-state index contributed by atoms with van der Waals surface area (Å²) in [6.07, 6.45) is 4.66. The number of methoxy groups -OCH3 is 1. The molecular formula is C24H27BrN4O2S. The van der Waals surface area contributed by atoms with E-state index in [4.69, 9.17) is 4.74 Å². The highest BCUT2D eigenvalue weighted by molar-refractivity contribution is 9.11. The number of piperidine rings is 1. The largest absolute Gasteiger partial charge is 0.496 e. The van der Waals surface area contributed by atoms with E-state index >= 15 is 0 Å². The van der Waals surface area contributed by atoms with E-state index in [1.807, 2.05) is 36.4 Å². The van der Waals surface area contributed by atoms with Gasteiger partial charge < -0.3 is 15.0 Å². The highest BCUT2D eigenvalue weighted by atomic mass is 79.9. The molecule has 168 valence electrons. The number of halogens is 1. The first kappa shape index (κ1) is 22.9. The van der Waals surface area contributed by atoms with Gasteiger partial charge in [-0.05, 0) is 91.2 Å². The molecule has 0 saturated carbocycles. The first-order chi connectivity index (χ1) is 15.6. The molecule has 4 rings (SSSR count). The minimum atomic E-state index is 0.0316. The molecule has 1 N–H and O–H groups in total. The van der Waals surface area contributed by atoms with Crippen LogP contribution in [0.1, 0.15) is 36.5 Å². The summed E-state index contributed by atoms with van der Waals surface area (Å²) in [7, 11) is 1.61. The lowest BCUT2D eigenvalue weighted by Gasteiger charge is -2.31. The monoisotopic (exact) mass is 514 g/mol. The molecule has 1 aromatic carbocycles. The zero-order chi connectivity index (χ0) is 22.5. The standard InChI is InChI=1S/C24H27BrN4O2S/c1-3-12-29-13-9-16(10-14-29)23(30)18-15-17(4-5-20(18)31-2)27-24-26-11-8-19(28-24)21-6-7-22(25)32-21/h4-8,11,15-16H,3,9-10,12-14H2,1-2H3,(H,26,27,28). The van der Waals surface area contributed by atoms with Gasteiger partial charge in [0.25, 0.3) is 0 Å². The topological polar surface area (TPSA) is 67.4 Å². The summed E-state index contributed by atoms with van der Waals surface area (Å²) in [5.74, 6) is 1.28. The lowest BCUT2D eigenvalue weighted by molar-refractivity contribution is 0.0837. The van der Waals surface area contributed by atoms with Crippen molar-refractivity contribution >= 4 is 44.7 Å². The summed E-state index contributed by atoms with van der Waals surface area (Å²) in [4.78, 5) is 25.8. The van der Waals surface area contributed by atoms with Crippen LogP contribution >= 0.6 is 27.3 Å². The van der Waals surface area contributed by atoms with E-state index in [1.165, 1.54) is 0 Å². The number of rotatable bonds is 8. The summed E-state index contributed by atoms with van der Waals surface area (Å²) in [6.45, 7) is 5.25. The van der Waals surface area contributed by atoms with Crippen molar-refractivity contribution in [3.8, 4) is 16.3 Å². The van der Waals surface area contributed by atoms with Crippen molar-refractivity contribution in [2.24, 2.45) is 5.92 Å². The van der Waals surface area contributed by atoms with E-state index in [0.29, 0.717) is 17.3 Å². The fourth-order valence-electron chi connectivity index (χ4n) is 4.07. The van der Waals surface area contributed by atoms with Crippen molar-refractivity contribution < 1.29 is 9.53 Å². The van der Waals surface area contributed by atoms with Crippen LogP contribution in [0, 0.1) is 5.92 Å². The second-order valence-corrected chi connectivity index (χ2v) is 10.4. The third-order valence-corrected chi connectivity index (χ3v) is 7.35. The Labute approximate surface area is 201 Å². The molecule has 0 aliphatic carbocycles.